The van der Waals surface area contributed by atoms with Crippen LogP contribution >= 0.6 is 11.8 Å². The van der Waals surface area contributed by atoms with Crippen molar-refractivity contribution in [3.63, 3.8) is 0 Å². The van der Waals surface area contributed by atoms with E-state index in [-0.39, 0.29) is 11.2 Å². The van der Waals surface area contributed by atoms with Gasteiger partial charge >= 0.3 is 0 Å². The highest BCUT2D eigenvalue weighted by atomic mass is 32.2. The Kier molecular flexibility index (Phi) is 4.15. The van der Waals surface area contributed by atoms with Crippen LogP contribution in [0.3, 0.4) is 0 Å². The summed E-state index contributed by atoms with van der Waals surface area (Å²) in [7, 11) is 0. The third kappa shape index (κ3) is 3.40. The molecule has 1 amide bonds. The predicted octanol–water partition coefficient (Wildman–Crippen LogP) is 0.445. The molecule has 2 aromatic heterocycles. The van der Waals surface area contributed by atoms with Crippen molar-refractivity contribution in [3.05, 3.63) is 48.6 Å². The van der Waals surface area contributed by atoms with Crippen LogP contribution in [0.15, 0.2) is 42.2 Å². The highest BCUT2D eigenvalue weighted by Gasteiger charge is 2.27. The molecule has 0 saturated carbocycles. The van der Waals surface area contributed by atoms with Gasteiger partial charge in [-0.1, -0.05) is 11.8 Å². The van der Waals surface area contributed by atoms with Crippen LogP contribution in [0.1, 0.15) is 11.4 Å². The molecule has 0 saturated heterocycles. The van der Waals surface area contributed by atoms with Gasteiger partial charge in [-0.15, -0.1) is 0 Å². The minimum Gasteiger partial charge on any atom is -0.348 e. The van der Waals surface area contributed by atoms with Gasteiger partial charge in [-0.25, -0.2) is 19.9 Å². The molecule has 0 aliphatic carbocycles. The van der Waals surface area contributed by atoms with Crippen molar-refractivity contribution in [2.75, 3.05) is 6.54 Å². The van der Waals surface area contributed by atoms with Crippen LogP contribution in [-0.2, 0) is 11.3 Å². The number of hydrogen-bond donors (Lipinski definition) is 1. The van der Waals surface area contributed by atoms with E-state index in [1.165, 1.54) is 18.1 Å². The molecule has 1 aliphatic heterocycles. The van der Waals surface area contributed by atoms with E-state index in [1.54, 1.807) is 30.9 Å². The maximum Gasteiger partial charge on any atom is 0.235 e. The summed E-state index contributed by atoms with van der Waals surface area (Å²) < 4.78 is 0. The topological polar surface area (TPSA) is 93.0 Å². The van der Waals surface area contributed by atoms with Gasteiger partial charge in [0.15, 0.2) is 0 Å². The second kappa shape index (κ2) is 6.40. The molecule has 21 heavy (non-hydrogen) atoms. The SMILES string of the molecule is O=C(NCc1ncccn1)C1CN=C(c2cncnc2)S1. The molecule has 106 valence electrons. The zero-order chi connectivity index (χ0) is 14.5. The molecule has 3 rings (SSSR count). The van der Waals surface area contributed by atoms with Crippen LogP contribution in [0.2, 0.25) is 0 Å². The van der Waals surface area contributed by atoms with E-state index in [0.717, 1.165) is 10.6 Å². The Morgan fingerprint density at radius 1 is 1.29 bits per heavy atom. The number of carbonyl (C=O) groups is 1. The predicted molar refractivity (Wildman–Crippen MR) is 78.7 cm³/mol. The average Bonchev–Trinajstić information content (AvgIpc) is 3.04. The van der Waals surface area contributed by atoms with E-state index in [0.29, 0.717) is 18.9 Å². The number of thioether (sulfide) groups is 1. The summed E-state index contributed by atoms with van der Waals surface area (Å²) in [6, 6.07) is 1.74. The second-order valence-electron chi connectivity index (χ2n) is 4.26. The van der Waals surface area contributed by atoms with Gasteiger partial charge in [-0.3, -0.25) is 9.79 Å². The third-order valence-electron chi connectivity index (χ3n) is 2.79. The van der Waals surface area contributed by atoms with E-state index >= 15 is 0 Å². The lowest BCUT2D eigenvalue weighted by Gasteiger charge is -2.08. The Morgan fingerprint density at radius 2 is 2.05 bits per heavy atom. The molecule has 1 aliphatic rings. The fraction of sp³-hybridized carbons (Fsp3) is 0.231. The lowest BCUT2D eigenvalue weighted by molar-refractivity contribution is -0.120. The van der Waals surface area contributed by atoms with Gasteiger partial charge in [0.2, 0.25) is 5.91 Å². The summed E-state index contributed by atoms with van der Waals surface area (Å²) in [6.45, 7) is 0.775. The van der Waals surface area contributed by atoms with Gasteiger partial charge in [0.1, 0.15) is 22.4 Å². The first-order valence-corrected chi connectivity index (χ1v) is 7.21. The average molecular weight is 300 g/mol. The highest BCUT2D eigenvalue weighted by molar-refractivity contribution is 8.15. The molecule has 0 fully saturated rings. The standard InChI is InChI=1S/C13H12N6OS/c20-12(18-7-11-16-2-1-3-17-11)10-6-19-13(21-10)9-4-14-8-15-5-9/h1-5,8,10H,6-7H2,(H,18,20). The fourth-order valence-corrected chi connectivity index (χ4v) is 2.78. The van der Waals surface area contributed by atoms with Crippen molar-refractivity contribution < 1.29 is 4.79 Å². The molecule has 2 aromatic rings. The molecule has 1 unspecified atom stereocenters. The maximum absolute atomic E-state index is 12.1. The Hall–Kier alpha value is -2.35. The first kappa shape index (κ1) is 13.6. The van der Waals surface area contributed by atoms with Crippen LogP contribution in [0.25, 0.3) is 0 Å². The molecular weight excluding hydrogens is 288 g/mol. The Balaban J connectivity index is 1.54. The number of carbonyl (C=O) groups excluding carboxylic acids is 1. The molecule has 8 heteroatoms. The Labute approximate surface area is 125 Å². The van der Waals surface area contributed by atoms with Crippen LogP contribution in [0.4, 0.5) is 0 Å². The molecular formula is C13H12N6OS. The van der Waals surface area contributed by atoms with Crippen LogP contribution in [-0.4, -0.2) is 42.7 Å². The van der Waals surface area contributed by atoms with Crippen molar-refractivity contribution in [1.82, 2.24) is 25.3 Å². The van der Waals surface area contributed by atoms with E-state index in [4.69, 9.17) is 0 Å². The van der Waals surface area contributed by atoms with Crippen molar-refractivity contribution in [2.24, 2.45) is 4.99 Å². The van der Waals surface area contributed by atoms with Crippen LogP contribution in [0, 0.1) is 0 Å². The van der Waals surface area contributed by atoms with Crippen molar-refractivity contribution in [3.8, 4) is 0 Å². The summed E-state index contributed by atoms with van der Waals surface area (Å²) >= 11 is 1.42. The number of amides is 1. The highest BCUT2D eigenvalue weighted by Crippen LogP contribution is 2.25. The summed E-state index contributed by atoms with van der Waals surface area (Å²) in [5.41, 5.74) is 0.837. The smallest absolute Gasteiger partial charge is 0.235 e. The molecule has 0 bridgehead atoms. The molecule has 1 N–H and O–H groups in total. The van der Waals surface area contributed by atoms with Crippen LogP contribution in [0.5, 0.6) is 0 Å². The number of aliphatic imine (C=N–C) groups is 1. The summed E-state index contributed by atoms with van der Waals surface area (Å²) in [5, 5.41) is 3.39. The fourth-order valence-electron chi connectivity index (χ4n) is 1.78. The van der Waals surface area contributed by atoms with Gasteiger partial charge in [0.05, 0.1) is 13.1 Å². The van der Waals surface area contributed by atoms with E-state index in [9.17, 15) is 4.79 Å². The minimum atomic E-state index is -0.232. The van der Waals surface area contributed by atoms with Gasteiger partial charge in [-0.05, 0) is 6.07 Å². The normalized spacial score (nSPS) is 17.3. The quantitative estimate of drug-likeness (QED) is 0.881. The zero-order valence-electron chi connectivity index (χ0n) is 11.0. The largest absolute Gasteiger partial charge is 0.348 e. The van der Waals surface area contributed by atoms with E-state index in [2.05, 4.69) is 30.2 Å². The zero-order valence-corrected chi connectivity index (χ0v) is 11.8. The molecule has 1 atom stereocenters. The number of aromatic nitrogens is 4. The molecule has 7 nitrogen and oxygen atoms in total. The van der Waals surface area contributed by atoms with Crippen molar-refractivity contribution in [1.29, 1.82) is 0 Å². The molecule has 0 spiro atoms. The summed E-state index contributed by atoms with van der Waals surface area (Å²) in [5.74, 6) is 0.523. The monoisotopic (exact) mass is 300 g/mol. The molecule has 0 aromatic carbocycles. The van der Waals surface area contributed by atoms with Gasteiger partial charge in [0.25, 0.3) is 0 Å². The Morgan fingerprint density at radius 3 is 2.81 bits per heavy atom. The van der Waals surface area contributed by atoms with Gasteiger partial charge in [0, 0.05) is 30.4 Å². The first-order valence-electron chi connectivity index (χ1n) is 6.33. The van der Waals surface area contributed by atoms with Crippen molar-refractivity contribution in [2.45, 2.75) is 11.8 Å². The summed E-state index contributed by atoms with van der Waals surface area (Å²) in [6.07, 6.45) is 8.15. The lowest BCUT2D eigenvalue weighted by atomic mass is 10.3. The Bertz CT molecular complexity index is 648. The van der Waals surface area contributed by atoms with E-state index < -0.39 is 0 Å². The molecule has 3 heterocycles. The summed E-state index contributed by atoms with van der Waals surface area (Å²) in [4.78, 5) is 32.5. The molecule has 0 radical (unpaired) electrons. The number of nitrogens with zero attached hydrogens (tertiary/aromatic N) is 5. The third-order valence-corrected chi connectivity index (χ3v) is 4.03. The second-order valence-corrected chi connectivity index (χ2v) is 5.45. The van der Waals surface area contributed by atoms with Gasteiger partial charge < -0.3 is 5.32 Å². The maximum atomic E-state index is 12.1. The van der Waals surface area contributed by atoms with Crippen molar-refractivity contribution >= 4 is 22.7 Å². The number of nitrogens with one attached hydrogen (secondary N) is 1. The first-order chi connectivity index (χ1) is 10.3. The van der Waals surface area contributed by atoms with E-state index in [1.807, 2.05) is 0 Å². The minimum absolute atomic E-state index is 0.0666. The lowest BCUT2D eigenvalue weighted by Crippen LogP contribution is -2.33. The van der Waals surface area contributed by atoms with Gasteiger partial charge in [-0.2, -0.15) is 0 Å². The van der Waals surface area contributed by atoms with Crippen LogP contribution < -0.4 is 5.32 Å². The number of rotatable bonds is 4. The number of hydrogen-bond acceptors (Lipinski definition) is 7.